The summed E-state index contributed by atoms with van der Waals surface area (Å²) in [7, 11) is 0. The Bertz CT molecular complexity index is 335. The zero-order valence-electron chi connectivity index (χ0n) is 10.9. The predicted octanol–water partition coefficient (Wildman–Crippen LogP) is 3.28. The van der Waals surface area contributed by atoms with Crippen molar-refractivity contribution in [3.05, 3.63) is 29.6 Å². The van der Waals surface area contributed by atoms with Gasteiger partial charge in [0.05, 0.1) is 0 Å². The smallest absolute Gasteiger partial charge is 0.0466 e. The maximum absolute atomic E-state index is 4.60. The normalized spacial score (nSPS) is 19.0. The molecule has 2 heteroatoms. The van der Waals surface area contributed by atoms with Gasteiger partial charge in [-0.05, 0) is 63.2 Å². The minimum absolute atomic E-state index is 0.711. The fourth-order valence-electron chi connectivity index (χ4n) is 2.76. The van der Waals surface area contributed by atoms with Crippen LogP contribution < -0.4 is 5.32 Å². The van der Waals surface area contributed by atoms with Crippen molar-refractivity contribution >= 4 is 0 Å². The van der Waals surface area contributed by atoms with E-state index >= 15 is 0 Å². The van der Waals surface area contributed by atoms with E-state index in [0.717, 1.165) is 13.1 Å². The summed E-state index contributed by atoms with van der Waals surface area (Å²) in [6, 6.07) is 4.33. The lowest BCUT2D eigenvalue weighted by atomic mass is 9.84. The van der Waals surface area contributed by atoms with Crippen LogP contribution >= 0.6 is 0 Å². The van der Waals surface area contributed by atoms with E-state index in [0.29, 0.717) is 5.92 Å². The molecule has 1 aliphatic rings. The summed E-state index contributed by atoms with van der Waals surface area (Å²) in [5, 5.41) is 3.48. The SMILES string of the molecule is CCCNCCCC1CCCc2cccnc21. The molecule has 0 aromatic carbocycles. The standard InChI is InChI=1S/C15H24N2/c1-2-10-16-11-4-8-13-6-3-7-14-9-5-12-17-15(13)14/h5,9,12-13,16H,2-4,6-8,10-11H2,1H3. The van der Waals surface area contributed by atoms with E-state index in [1.165, 1.54) is 49.8 Å². The van der Waals surface area contributed by atoms with Crippen LogP contribution in [0.2, 0.25) is 0 Å². The molecule has 2 rings (SSSR count). The Balaban J connectivity index is 1.82. The van der Waals surface area contributed by atoms with Crippen molar-refractivity contribution in [3.8, 4) is 0 Å². The quantitative estimate of drug-likeness (QED) is 0.761. The van der Waals surface area contributed by atoms with E-state index in [1.807, 2.05) is 6.20 Å². The van der Waals surface area contributed by atoms with Gasteiger partial charge in [-0.15, -0.1) is 0 Å². The number of fused-ring (bicyclic) bond motifs is 1. The molecule has 0 bridgehead atoms. The third kappa shape index (κ3) is 3.53. The first kappa shape index (κ1) is 12.6. The molecule has 0 saturated heterocycles. The minimum Gasteiger partial charge on any atom is -0.317 e. The Hall–Kier alpha value is -0.890. The van der Waals surface area contributed by atoms with Crippen molar-refractivity contribution in [2.75, 3.05) is 13.1 Å². The topological polar surface area (TPSA) is 24.9 Å². The van der Waals surface area contributed by atoms with Gasteiger partial charge in [-0.25, -0.2) is 0 Å². The number of hydrogen-bond donors (Lipinski definition) is 1. The summed E-state index contributed by atoms with van der Waals surface area (Å²) >= 11 is 0. The second kappa shape index (κ2) is 6.75. The zero-order chi connectivity index (χ0) is 11.9. The van der Waals surface area contributed by atoms with Crippen molar-refractivity contribution in [2.45, 2.75) is 51.4 Å². The Kier molecular flexibility index (Phi) is 4.99. The molecule has 1 aliphatic carbocycles. The predicted molar refractivity (Wildman–Crippen MR) is 72.3 cm³/mol. The first-order valence-corrected chi connectivity index (χ1v) is 7.06. The van der Waals surface area contributed by atoms with E-state index in [2.05, 4.69) is 29.4 Å². The number of aromatic nitrogens is 1. The van der Waals surface area contributed by atoms with Crippen LogP contribution in [0.5, 0.6) is 0 Å². The van der Waals surface area contributed by atoms with Crippen LogP contribution in [0.3, 0.4) is 0 Å². The average molecular weight is 232 g/mol. The number of nitrogens with zero attached hydrogens (tertiary/aromatic N) is 1. The largest absolute Gasteiger partial charge is 0.317 e. The third-order valence-electron chi connectivity index (χ3n) is 3.64. The molecule has 0 aliphatic heterocycles. The van der Waals surface area contributed by atoms with Gasteiger partial charge in [-0.3, -0.25) is 4.98 Å². The third-order valence-corrected chi connectivity index (χ3v) is 3.64. The molecule has 1 aromatic heterocycles. The minimum atomic E-state index is 0.711. The molecular weight excluding hydrogens is 208 g/mol. The molecule has 94 valence electrons. The molecule has 1 atom stereocenters. The van der Waals surface area contributed by atoms with E-state index in [9.17, 15) is 0 Å². The summed E-state index contributed by atoms with van der Waals surface area (Å²) in [5.41, 5.74) is 2.87. The first-order chi connectivity index (χ1) is 8.42. The Labute approximate surface area is 105 Å². The fourth-order valence-corrected chi connectivity index (χ4v) is 2.76. The Morgan fingerprint density at radius 2 is 2.35 bits per heavy atom. The maximum Gasteiger partial charge on any atom is 0.0466 e. The van der Waals surface area contributed by atoms with Crippen LogP contribution in [0, 0.1) is 0 Å². The second-order valence-corrected chi connectivity index (χ2v) is 5.03. The summed E-state index contributed by atoms with van der Waals surface area (Å²) < 4.78 is 0. The lowest BCUT2D eigenvalue weighted by Crippen LogP contribution is -2.18. The van der Waals surface area contributed by atoms with Crippen molar-refractivity contribution < 1.29 is 0 Å². The molecule has 0 spiro atoms. The Morgan fingerprint density at radius 3 is 3.24 bits per heavy atom. The molecule has 1 heterocycles. The van der Waals surface area contributed by atoms with Crippen LogP contribution in [-0.2, 0) is 6.42 Å². The second-order valence-electron chi connectivity index (χ2n) is 5.03. The van der Waals surface area contributed by atoms with Gasteiger partial charge in [0.25, 0.3) is 0 Å². The highest BCUT2D eigenvalue weighted by Gasteiger charge is 2.20. The van der Waals surface area contributed by atoms with Crippen molar-refractivity contribution in [1.29, 1.82) is 0 Å². The summed E-state index contributed by atoms with van der Waals surface area (Å²) in [6.45, 7) is 4.53. The highest BCUT2D eigenvalue weighted by Crippen LogP contribution is 2.32. The average Bonchev–Trinajstić information content (AvgIpc) is 2.39. The molecule has 1 aromatic rings. The van der Waals surface area contributed by atoms with Gasteiger partial charge >= 0.3 is 0 Å². The summed E-state index contributed by atoms with van der Waals surface area (Å²) in [4.78, 5) is 4.60. The van der Waals surface area contributed by atoms with Gasteiger partial charge in [0.1, 0.15) is 0 Å². The lowest BCUT2D eigenvalue weighted by Gasteiger charge is -2.24. The monoisotopic (exact) mass is 232 g/mol. The molecule has 17 heavy (non-hydrogen) atoms. The van der Waals surface area contributed by atoms with E-state index in [-0.39, 0.29) is 0 Å². The number of rotatable bonds is 6. The summed E-state index contributed by atoms with van der Waals surface area (Å²) in [6.07, 6.45) is 9.65. The molecule has 0 radical (unpaired) electrons. The molecule has 0 saturated carbocycles. The zero-order valence-corrected chi connectivity index (χ0v) is 10.9. The van der Waals surface area contributed by atoms with E-state index in [1.54, 1.807) is 0 Å². The van der Waals surface area contributed by atoms with Crippen molar-refractivity contribution in [3.63, 3.8) is 0 Å². The highest BCUT2D eigenvalue weighted by atomic mass is 14.8. The van der Waals surface area contributed by atoms with Crippen LogP contribution in [0.4, 0.5) is 0 Å². The first-order valence-electron chi connectivity index (χ1n) is 7.06. The van der Waals surface area contributed by atoms with Gasteiger partial charge in [0.2, 0.25) is 0 Å². The number of nitrogens with one attached hydrogen (secondary N) is 1. The van der Waals surface area contributed by atoms with Crippen LogP contribution in [0.15, 0.2) is 18.3 Å². The van der Waals surface area contributed by atoms with Gasteiger partial charge in [-0.1, -0.05) is 13.0 Å². The summed E-state index contributed by atoms with van der Waals surface area (Å²) in [5.74, 6) is 0.711. The molecule has 1 unspecified atom stereocenters. The molecule has 1 N–H and O–H groups in total. The molecular formula is C15H24N2. The number of aryl methyl sites for hydroxylation is 1. The molecule has 2 nitrogen and oxygen atoms in total. The van der Waals surface area contributed by atoms with Crippen molar-refractivity contribution in [1.82, 2.24) is 10.3 Å². The Morgan fingerprint density at radius 1 is 1.41 bits per heavy atom. The van der Waals surface area contributed by atoms with Crippen LogP contribution in [-0.4, -0.2) is 18.1 Å². The molecule has 0 amide bonds. The van der Waals surface area contributed by atoms with Gasteiger partial charge in [0.15, 0.2) is 0 Å². The van der Waals surface area contributed by atoms with E-state index in [4.69, 9.17) is 0 Å². The lowest BCUT2D eigenvalue weighted by molar-refractivity contribution is 0.481. The fraction of sp³-hybridized carbons (Fsp3) is 0.667. The van der Waals surface area contributed by atoms with Gasteiger partial charge < -0.3 is 5.32 Å². The van der Waals surface area contributed by atoms with Gasteiger partial charge in [-0.2, -0.15) is 0 Å². The van der Waals surface area contributed by atoms with Crippen LogP contribution in [0.1, 0.15) is 56.2 Å². The van der Waals surface area contributed by atoms with Gasteiger partial charge in [0, 0.05) is 17.8 Å². The highest BCUT2D eigenvalue weighted by molar-refractivity contribution is 5.25. The number of pyridine rings is 1. The van der Waals surface area contributed by atoms with Crippen LogP contribution in [0.25, 0.3) is 0 Å². The molecule has 0 fully saturated rings. The van der Waals surface area contributed by atoms with Crippen molar-refractivity contribution in [2.24, 2.45) is 0 Å². The maximum atomic E-state index is 4.60. The van der Waals surface area contributed by atoms with E-state index < -0.39 is 0 Å². The number of hydrogen-bond acceptors (Lipinski definition) is 2.